The maximum Gasteiger partial charge on any atom is 0.236 e. The van der Waals surface area contributed by atoms with E-state index in [2.05, 4.69) is 47.2 Å². The van der Waals surface area contributed by atoms with Gasteiger partial charge in [-0.05, 0) is 19.4 Å². The topological polar surface area (TPSA) is 29.1 Å². The average molecular weight is 298 g/mol. The molecule has 1 aromatic rings. The fourth-order valence-electron chi connectivity index (χ4n) is 1.50. The van der Waals surface area contributed by atoms with E-state index in [4.69, 9.17) is 0 Å². The van der Waals surface area contributed by atoms with E-state index in [1.54, 1.807) is 0 Å². The minimum atomic E-state index is -0.514. The van der Waals surface area contributed by atoms with Crippen LogP contribution in [0.25, 0.3) is 0 Å². The molecule has 1 N–H and O–H groups in total. The second-order valence-corrected chi connectivity index (χ2v) is 7.39. The number of hydrogen-bond acceptors (Lipinski definition) is 1. The van der Waals surface area contributed by atoms with Gasteiger partial charge in [0.2, 0.25) is 5.91 Å². The lowest BCUT2D eigenvalue weighted by molar-refractivity contribution is -0.122. The smallest absolute Gasteiger partial charge is 0.236 e. The van der Waals surface area contributed by atoms with Crippen LogP contribution < -0.4 is 5.32 Å². The molecule has 0 saturated carbocycles. The van der Waals surface area contributed by atoms with Gasteiger partial charge in [-0.1, -0.05) is 60.1 Å². The summed E-state index contributed by atoms with van der Waals surface area (Å²) in [6.45, 7) is 8.58. The monoisotopic (exact) mass is 297 g/mol. The average Bonchev–Trinajstić information content (AvgIpc) is 2.26. The van der Waals surface area contributed by atoms with E-state index in [9.17, 15) is 4.79 Å². The first-order valence-corrected chi connectivity index (χ1v) is 6.55. The van der Waals surface area contributed by atoms with Gasteiger partial charge in [0.15, 0.2) is 0 Å². The molecule has 0 radical (unpaired) electrons. The standard InChI is InChI=1S/C14H20BrNO/c1-13(2,11-8-6-5-7-9-11)10-16-12(17)14(3,4)15/h5-9H,10H2,1-4H3,(H,16,17). The van der Waals surface area contributed by atoms with Crippen LogP contribution in [0.15, 0.2) is 30.3 Å². The third-order valence-electron chi connectivity index (χ3n) is 2.79. The Kier molecular flexibility index (Phi) is 4.36. The summed E-state index contributed by atoms with van der Waals surface area (Å²) in [5.74, 6) is 0.0153. The highest BCUT2D eigenvalue weighted by molar-refractivity contribution is 9.10. The molecule has 3 heteroatoms. The number of alkyl halides is 1. The zero-order chi connectivity index (χ0) is 13.1. The molecule has 0 aliphatic carbocycles. The molecule has 0 aliphatic rings. The van der Waals surface area contributed by atoms with Gasteiger partial charge in [0.25, 0.3) is 0 Å². The number of carbonyl (C=O) groups excluding carboxylic acids is 1. The van der Waals surface area contributed by atoms with Gasteiger partial charge >= 0.3 is 0 Å². The van der Waals surface area contributed by atoms with Crippen molar-refractivity contribution >= 4 is 21.8 Å². The zero-order valence-electron chi connectivity index (χ0n) is 10.9. The molecule has 0 unspecified atom stereocenters. The summed E-state index contributed by atoms with van der Waals surface area (Å²) >= 11 is 3.36. The fraction of sp³-hybridized carbons (Fsp3) is 0.500. The van der Waals surface area contributed by atoms with Crippen molar-refractivity contribution < 1.29 is 4.79 Å². The summed E-state index contributed by atoms with van der Waals surface area (Å²) in [6, 6.07) is 10.2. The Morgan fingerprint density at radius 1 is 1.18 bits per heavy atom. The molecule has 0 spiro atoms. The lowest BCUT2D eigenvalue weighted by atomic mass is 9.84. The van der Waals surface area contributed by atoms with Crippen molar-refractivity contribution in [2.45, 2.75) is 37.4 Å². The third-order valence-corrected chi connectivity index (χ3v) is 3.15. The lowest BCUT2D eigenvalue weighted by Crippen LogP contribution is -2.43. The molecule has 0 heterocycles. The summed E-state index contributed by atoms with van der Waals surface area (Å²) < 4.78 is -0.514. The van der Waals surface area contributed by atoms with Crippen molar-refractivity contribution in [1.29, 1.82) is 0 Å². The lowest BCUT2D eigenvalue weighted by Gasteiger charge is -2.27. The Balaban J connectivity index is 2.66. The van der Waals surface area contributed by atoms with E-state index in [0.29, 0.717) is 6.54 Å². The van der Waals surface area contributed by atoms with E-state index in [0.717, 1.165) is 0 Å². The summed E-state index contributed by atoms with van der Waals surface area (Å²) in [4.78, 5) is 11.8. The van der Waals surface area contributed by atoms with Crippen molar-refractivity contribution in [3.63, 3.8) is 0 Å². The highest BCUT2D eigenvalue weighted by atomic mass is 79.9. The van der Waals surface area contributed by atoms with Gasteiger partial charge in [-0.2, -0.15) is 0 Å². The van der Waals surface area contributed by atoms with Crippen molar-refractivity contribution in [3.05, 3.63) is 35.9 Å². The van der Waals surface area contributed by atoms with Crippen LogP contribution in [0.3, 0.4) is 0 Å². The molecule has 1 amide bonds. The van der Waals surface area contributed by atoms with Gasteiger partial charge in [0.1, 0.15) is 0 Å². The molecule has 94 valence electrons. The summed E-state index contributed by atoms with van der Waals surface area (Å²) in [6.07, 6.45) is 0. The minimum Gasteiger partial charge on any atom is -0.354 e. The van der Waals surface area contributed by atoms with E-state index >= 15 is 0 Å². The minimum absolute atomic E-state index is 0.0153. The Hall–Kier alpha value is -0.830. The Morgan fingerprint density at radius 3 is 2.18 bits per heavy atom. The van der Waals surface area contributed by atoms with Crippen LogP contribution in [0.5, 0.6) is 0 Å². The first-order valence-electron chi connectivity index (χ1n) is 5.76. The zero-order valence-corrected chi connectivity index (χ0v) is 12.5. The largest absolute Gasteiger partial charge is 0.354 e. The summed E-state index contributed by atoms with van der Waals surface area (Å²) in [5.41, 5.74) is 1.17. The first-order chi connectivity index (χ1) is 7.73. The summed E-state index contributed by atoms with van der Waals surface area (Å²) in [7, 11) is 0. The van der Waals surface area contributed by atoms with E-state index in [-0.39, 0.29) is 11.3 Å². The quantitative estimate of drug-likeness (QED) is 0.849. The molecule has 0 bridgehead atoms. The maximum absolute atomic E-state index is 11.8. The number of carbonyl (C=O) groups is 1. The van der Waals surface area contributed by atoms with Crippen LogP contribution in [0.2, 0.25) is 0 Å². The predicted molar refractivity (Wildman–Crippen MR) is 75.5 cm³/mol. The molecular formula is C14H20BrNO. The SMILES string of the molecule is CC(C)(Br)C(=O)NCC(C)(C)c1ccccc1. The molecule has 0 saturated heterocycles. The van der Waals surface area contributed by atoms with Crippen molar-refractivity contribution in [1.82, 2.24) is 5.32 Å². The molecule has 17 heavy (non-hydrogen) atoms. The Bertz CT molecular complexity index is 379. The predicted octanol–water partition coefficient (Wildman–Crippen LogP) is 3.25. The van der Waals surface area contributed by atoms with Crippen LogP contribution in [0.4, 0.5) is 0 Å². The number of nitrogens with one attached hydrogen (secondary N) is 1. The molecule has 0 atom stereocenters. The van der Waals surface area contributed by atoms with Gasteiger partial charge in [-0.15, -0.1) is 0 Å². The number of benzene rings is 1. The first kappa shape index (κ1) is 14.2. The highest BCUT2D eigenvalue weighted by Gasteiger charge is 2.27. The van der Waals surface area contributed by atoms with Crippen LogP contribution in [-0.2, 0) is 10.2 Å². The van der Waals surface area contributed by atoms with Gasteiger partial charge in [-0.3, -0.25) is 4.79 Å². The second kappa shape index (κ2) is 5.21. The highest BCUT2D eigenvalue weighted by Crippen LogP contribution is 2.22. The number of halogens is 1. The normalized spacial score (nSPS) is 12.3. The van der Waals surface area contributed by atoms with Gasteiger partial charge in [0, 0.05) is 12.0 Å². The second-order valence-electron chi connectivity index (χ2n) is 5.41. The van der Waals surface area contributed by atoms with Crippen molar-refractivity contribution in [2.24, 2.45) is 0 Å². The number of amides is 1. The molecule has 0 aliphatic heterocycles. The molecule has 1 aromatic carbocycles. The van der Waals surface area contributed by atoms with Crippen molar-refractivity contribution in [3.8, 4) is 0 Å². The fourth-order valence-corrected chi connectivity index (χ4v) is 1.64. The van der Waals surface area contributed by atoms with E-state index in [1.165, 1.54) is 5.56 Å². The molecular weight excluding hydrogens is 278 g/mol. The van der Waals surface area contributed by atoms with Crippen molar-refractivity contribution in [2.75, 3.05) is 6.54 Å². The maximum atomic E-state index is 11.8. The van der Waals surface area contributed by atoms with E-state index in [1.807, 2.05) is 32.0 Å². The van der Waals surface area contributed by atoms with Gasteiger partial charge in [-0.25, -0.2) is 0 Å². The molecule has 1 rings (SSSR count). The molecule has 0 aromatic heterocycles. The van der Waals surface area contributed by atoms with Crippen LogP contribution >= 0.6 is 15.9 Å². The number of rotatable bonds is 4. The van der Waals surface area contributed by atoms with Gasteiger partial charge in [0.05, 0.1) is 4.32 Å². The van der Waals surface area contributed by atoms with Crippen LogP contribution in [-0.4, -0.2) is 16.8 Å². The van der Waals surface area contributed by atoms with Gasteiger partial charge < -0.3 is 5.32 Å². The molecule has 2 nitrogen and oxygen atoms in total. The number of hydrogen-bond donors (Lipinski definition) is 1. The molecule has 0 fully saturated rings. The summed E-state index contributed by atoms with van der Waals surface area (Å²) in [5, 5.41) is 2.98. The third kappa shape index (κ3) is 4.15. The Labute approximate surface area is 112 Å². The van der Waals surface area contributed by atoms with Crippen LogP contribution in [0, 0.1) is 0 Å². The Morgan fingerprint density at radius 2 is 1.71 bits per heavy atom. The van der Waals surface area contributed by atoms with Crippen LogP contribution in [0.1, 0.15) is 33.3 Å². The van der Waals surface area contributed by atoms with E-state index < -0.39 is 4.32 Å².